The summed E-state index contributed by atoms with van der Waals surface area (Å²) in [4.78, 5) is 7.53. The first-order chi connectivity index (χ1) is 10.6. The Morgan fingerprint density at radius 1 is 0.864 bits per heavy atom. The third-order valence-corrected chi connectivity index (χ3v) is 5.59. The zero-order valence-corrected chi connectivity index (χ0v) is 15.3. The predicted octanol–water partition coefficient (Wildman–Crippen LogP) is 2.15. The van der Waals surface area contributed by atoms with Crippen molar-refractivity contribution in [2.75, 3.05) is 60.0 Å². The second kappa shape index (κ2) is 9.21. The molecule has 1 atom stereocenters. The molecule has 0 unspecified atom stereocenters. The first-order valence-electron chi connectivity index (χ1n) is 9.28. The van der Waals surface area contributed by atoms with E-state index in [-0.39, 0.29) is 0 Å². The maximum Gasteiger partial charge on any atom is 0.0480 e. The molecule has 3 rings (SSSR count). The molecule has 0 radical (unpaired) electrons. The Morgan fingerprint density at radius 3 is 1.95 bits per heavy atom. The Labute approximate surface area is 137 Å². The summed E-state index contributed by atoms with van der Waals surface area (Å²) in [5.74, 6) is 0.845. The van der Waals surface area contributed by atoms with Crippen molar-refractivity contribution in [3.05, 3.63) is 0 Å². The normalized spacial score (nSPS) is 29.6. The van der Waals surface area contributed by atoms with Crippen LogP contribution in [0.5, 0.6) is 0 Å². The van der Waals surface area contributed by atoms with Crippen LogP contribution in [0.25, 0.3) is 0 Å². The lowest BCUT2D eigenvalue weighted by Gasteiger charge is -2.39. The fraction of sp³-hybridized carbons (Fsp3) is 1.00. The van der Waals surface area contributed by atoms with Gasteiger partial charge in [-0.05, 0) is 52.2 Å². The molecular formula is C18H37N3O. The highest BCUT2D eigenvalue weighted by atomic mass is 16.5. The largest absolute Gasteiger partial charge is 0.381 e. The van der Waals surface area contributed by atoms with Gasteiger partial charge >= 0.3 is 0 Å². The number of nitrogens with zero attached hydrogens (tertiary/aromatic N) is 3. The van der Waals surface area contributed by atoms with E-state index in [1.807, 2.05) is 0 Å². The topological polar surface area (TPSA) is 19.0 Å². The van der Waals surface area contributed by atoms with Crippen molar-refractivity contribution in [3.63, 3.8) is 0 Å². The summed E-state index contributed by atoms with van der Waals surface area (Å²) in [5, 5.41) is 0. The van der Waals surface area contributed by atoms with Crippen molar-refractivity contribution in [2.45, 2.75) is 51.6 Å². The molecule has 0 aromatic carbocycles. The minimum atomic E-state index is 0.808. The lowest BCUT2D eigenvalue weighted by Crippen LogP contribution is -2.50. The molecule has 3 aliphatic rings. The van der Waals surface area contributed by atoms with E-state index in [0.717, 1.165) is 31.2 Å². The van der Waals surface area contributed by atoms with E-state index < -0.39 is 0 Å². The molecule has 130 valence electrons. The van der Waals surface area contributed by atoms with E-state index in [1.165, 1.54) is 58.4 Å². The van der Waals surface area contributed by atoms with Crippen molar-refractivity contribution >= 4 is 0 Å². The minimum absolute atomic E-state index is 0.808. The summed E-state index contributed by atoms with van der Waals surface area (Å²) in [6, 6.07) is 1.67. The zero-order valence-electron chi connectivity index (χ0n) is 15.3. The van der Waals surface area contributed by atoms with Crippen LogP contribution in [0, 0.1) is 5.92 Å². The molecule has 0 bridgehead atoms. The Bertz CT molecular complexity index is 297. The van der Waals surface area contributed by atoms with Gasteiger partial charge in [-0.3, -0.25) is 4.90 Å². The Morgan fingerprint density at radius 2 is 1.50 bits per heavy atom. The molecule has 3 fully saturated rings. The van der Waals surface area contributed by atoms with Crippen LogP contribution in [0.3, 0.4) is 0 Å². The van der Waals surface area contributed by atoms with Gasteiger partial charge in [-0.25, -0.2) is 0 Å². The number of piperazine rings is 1. The van der Waals surface area contributed by atoms with Gasteiger partial charge in [0.2, 0.25) is 0 Å². The van der Waals surface area contributed by atoms with Crippen LogP contribution in [0.2, 0.25) is 0 Å². The molecular weight excluding hydrogens is 274 g/mol. The van der Waals surface area contributed by atoms with Gasteiger partial charge in [0.15, 0.2) is 0 Å². The molecule has 0 saturated carbocycles. The molecule has 0 aliphatic carbocycles. The third kappa shape index (κ3) is 5.48. The summed E-state index contributed by atoms with van der Waals surface area (Å²) in [6.07, 6.45) is 5.29. The van der Waals surface area contributed by atoms with E-state index in [1.54, 1.807) is 0 Å². The van der Waals surface area contributed by atoms with Gasteiger partial charge in [0.25, 0.3) is 0 Å². The van der Waals surface area contributed by atoms with Gasteiger partial charge in [-0.15, -0.1) is 0 Å². The maximum atomic E-state index is 5.37. The van der Waals surface area contributed by atoms with E-state index >= 15 is 0 Å². The highest BCUT2D eigenvalue weighted by Gasteiger charge is 2.24. The highest BCUT2D eigenvalue weighted by molar-refractivity contribution is 4.79. The number of rotatable bonds is 2. The molecule has 4 heteroatoms. The molecule has 0 spiro atoms. The second-order valence-electron chi connectivity index (χ2n) is 7.62. The summed E-state index contributed by atoms with van der Waals surface area (Å²) in [6.45, 7) is 12.8. The van der Waals surface area contributed by atoms with Crippen LogP contribution in [0.1, 0.15) is 39.5 Å². The van der Waals surface area contributed by atoms with Crippen LogP contribution in [-0.4, -0.2) is 86.8 Å². The van der Waals surface area contributed by atoms with E-state index in [4.69, 9.17) is 4.74 Å². The van der Waals surface area contributed by atoms with Gasteiger partial charge < -0.3 is 14.5 Å². The molecule has 4 nitrogen and oxygen atoms in total. The Hall–Kier alpha value is -0.160. The number of ether oxygens (including phenoxy) is 1. The quantitative estimate of drug-likeness (QED) is 0.778. The standard InChI is InChI=1S/C10H20N2O.C8H17N/c1-11-4-6-12(7-5-11)10-2-8-13-9-3-10;1-7(2)8-5-4-6-9(8)3/h10H,2-9H2,1H3;7-8H,4-6H2,1-3H3/t;8-/m.1/s1. The molecule has 0 aromatic heterocycles. The lowest BCUT2D eigenvalue weighted by molar-refractivity contribution is 0.0174. The van der Waals surface area contributed by atoms with E-state index in [0.29, 0.717) is 0 Å². The summed E-state index contributed by atoms with van der Waals surface area (Å²) in [5.41, 5.74) is 0. The molecule has 22 heavy (non-hydrogen) atoms. The van der Waals surface area contributed by atoms with Crippen LogP contribution in [-0.2, 0) is 4.74 Å². The molecule has 0 amide bonds. The van der Waals surface area contributed by atoms with Crippen LogP contribution in [0.15, 0.2) is 0 Å². The average molecular weight is 312 g/mol. The van der Waals surface area contributed by atoms with E-state index in [9.17, 15) is 0 Å². The average Bonchev–Trinajstić information content (AvgIpc) is 2.96. The van der Waals surface area contributed by atoms with Gasteiger partial charge in [-0.1, -0.05) is 13.8 Å². The second-order valence-corrected chi connectivity index (χ2v) is 7.62. The molecule has 0 N–H and O–H groups in total. The van der Waals surface area contributed by atoms with Crippen LogP contribution >= 0.6 is 0 Å². The van der Waals surface area contributed by atoms with Crippen LogP contribution in [0.4, 0.5) is 0 Å². The van der Waals surface area contributed by atoms with Crippen molar-refractivity contribution in [3.8, 4) is 0 Å². The molecule has 3 saturated heterocycles. The minimum Gasteiger partial charge on any atom is -0.381 e. The lowest BCUT2D eigenvalue weighted by atomic mass is 10.0. The third-order valence-electron chi connectivity index (χ3n) is 5.59. The predicted molar refractivity (Wildman–Crippen MR) is 93.4 cm³/mol. The SMILES string of the molecule is CC(C)[C@H]1CCCN1C.CN1CCN(C2CCOCC2)CC1. The summed E-state index contributed by atoms with van der Waals surface area (Å²) in [7, 11) is 4.44. The summed E-state index contributed by atoms with van der Waals surface area (Å²) >= 11 is 0. The fourth-order valence-corrected chi connectivity index (χ4v) is 4.02. The van der Waals surface area contributed by atoms with Crippen molar-refractivity contribution in [2.24, 2.45) is 5.92 Å². The first-order valence-corrected chi connectivity index (χ1v) is 9.28. The highest BCUT2D eigenvalue weighted by Crippen LogP contribution is 2.21. The van der Waals surface area contributed by atoms with Gasteiger partial charge in [0.05, 0.1) is 0 Å². The fourth-order valence-electron chi connectivity index (χ4n) is 4.02. The van der Waals surface area contributed by atoms with E-state index in [2.05, 4.69) is 42.6 Å². The number of likely N-dealkylation sites (tertiary alicyclic amines) is 1. The van der Waals surface area contributed by atoms with Gasteiger partial charge in [-0.2, -0.15) is 0 Å². The molecule has 0 aromatic rings. The van der Waals surface area contributed by atoms with Crippen molar-refractivity contribution in [1.29, 1.82) is 0 Å². The number of likely N-dealkylation sites (N-methyl/N-ethyl adjacent to an activating group) is 1. The Kier molecular flexibility index (Phi) is 7.61. The summed E-state index contributed by atoms with van der Waals surface area (Å²) < 4.78 is 5.37. The zero-order chi connectivity index (χ0) is 15.9. The molecule has 3 heterocycles. The number of hydrogen-bond acceptors (Lipinski definition) is 4. The number of hydrogen-bond donors (Lipinski definition) is 0. The van der Waals surface area contributed by atoms with Crippen molar-refractivity contribution < 1.29 is 4.74 Å². The van der Waals surface area contributed by atoms with Crippen molar-refractivity contribution in [1.82, 2.24) is 14.7 Å². The monoisotopic (exact) mass is 311 g/mol. The first kappa shape index (κ1) is 18.2. The maximum absolute atomic E-state index is 5.37. The Balaban J connectivity index is 0.000000172. The smallest absolute Gasteiger partial charge is 0.0480 e. The van der Waals surface area contributed by atoms with Gasteiger partial charge in [0.1, 0.15) is 0 Å². The van der Waals surface area contributed by atoms with Gasteiger partial charge in [0, 0.05) is 51.5 Å². The van der Waals surface area contributed by atoms with Crippen LogP contribution < -0.4 is 0 Å². The molecule has 3 aliphatic heterocycles.